The van der Waals surface area contributed by atoms with Crippen LogP contribution in [0.15, 0.2) is 54.7 Å². The summed E-state index contributed by atoms with van der Waals surface area (Å²) in [5, 5.41) is 4.62. The normalized spacial score (nSPS) is 10.4. The van der Waals surface area contributed by atoms with Crippen LogP contribution in [0.2, 0.25) is 0 Å². The molecule has 5 nitrogen and oxygen atoms in total. The third kappa shape index (κ3) is 2.85. The molecule has 0 bridgehead atoms. The molecule has 2 aromatic carbocycles. The van der Waals surface area contributed by atoms with Gasteiger partial charge < -0.3 is 14.2 Å². The van der Waals surface area contributed by atoms with Crippen LogP contribution in [0.4, 0.5) is 0 Å². The Morgan fingerprint density at radius 1 is 0.826 bits per heavy atom. The Hall–Kier alpha value is -2.95. The first-order valence-electron chi connectivity index (χ1n) is 7.18. The molecular formula is C18H18N2O3. The zero-order valence-corrected chi connectivity index (χ0v) is 13.3. The van der Waals surface area contributed by atoms with E-state index >= 15 is 0 Å². The summed E-state index contributed by atoms with van der Waals surface area (Å²) in [6.45, 7) is 0. The highest BCUT2D eigenvalue weighted by molar-refractivity contribution is 5.68. The Labute approximate surface area is 135 Å². The molecular weight excluding hydrogens is 292 g/mol. The molecule has 0 saturated carbocycles. The van der Waals surface area contributed by atoms with Gasteiger partial charge in [-0.15, -0.1) is 0 Å². The lowest BCUT2D eigenvalue weighted by molar-refractivity contribution is 0.324. The average molecular weight is 310 g/mol. The second-order valence-corrected chi connectivity index (χ2v) is 4.90. The highest BCUT2D eigenvalue weighted by Crippen LogP contribution is 2.40. The molecule has 0 aliphatic rings. The summed E-state index contributed by atoms with van der Waals surface area (Å²) >= 11 is 0. The minimum atomic E-state index is 0.571. The zero-order chi connectivity index (χ0) is 16.2. The van der Waals surface area contributed by atoms with Crippen LogP contribution in [0.3, 0.4) is 0 Å². The van der Waals surface area contributed by atoms with Crippen molar-refractivity contribution in [2.24, 2.45) is 0 Å². The molecule has 0 spiro atoms. The average Bonchev–Trinajstić information content (AvgIpc) is 3.11. The van der Waals surface area contributed by atoms with E-state index in [4.69, 9.17) is 14.2 Å². The van der Waals surface area contributed by atoms with E-state index < -0.39 is 0 Å². The van der Waals surface area contributed by atoms with Gasteiger partial charge in [0.15, 0.2) is 11.5 Å². The maximum absolute atomic E-state index is 5.39. The SMILES string of the molecule is COc1cc(-c2ccn(-c3ccccc3)n2)cc(OC)c1OC. The van der Waals surface area contributed by atoms with Gasteiger partial charge >= 0.3 is 0 Å². The standard InChI is InChI=1S/C18H18N2O3/c1-21-16-11-13(12-17(22-2)18(16)23-3)15-9-10-20(19-15)14-7-5-4-6-8-14/h4-12H,1-3H3. The number of hydrogen-bond acceptors (Lipinski definition) is 4. The lowest BCUT2D eigenvalue weighted by Crippen LogP contribution is -1.97. The maximum Gasteiger partial charge on any atom is 0.203 e. The Morgan fingerprint density at radius 2 is 1.48 bits per heavy atom. The van der Waals surface area contributed by atoms with Gasteiger partial charge in [0.05, 0.1) is 32.7 Å². The Balaban J connectivity index is 2.04. The summed E-state index contributed by atoms with van der Waals surface area (Å²) in [4.78, 5) is 0. The molecule has 0 fully saturated rings. The van der Waals surface area contributed by atoms with E-state index in [9.17, 15) is 0 Å². The predicted octanol–water partition coefficient (Wildman–Crippen LogP) is 3.57. The van der Waals surface area contributed by atoms with Gasteiger partial charge in [0.25, 0.3) is 0 Å². The highest BCUT2D eigenvalue weighted by atomic mass is 16.5. The second kappa shape index (κ2) is 6.44. The molecule has 1 heterocycles. The van der Waals surface area contributed by atoms with Crippen molar-refractivity contribution in [3.05, 3.63) is 54.7 Å². The third-order valence-corrected chi connectivity index (χ3v) is 3.57. The molecule has 0 aliphatic heterocycles. The van der Waals surface area contributed by atoms with Gasteiger partial charge in [-0.1, -0.05) is 18.2 Å². The number of rotatable bonds is 5. The van der Waals surface area contributed by atoms with Gasteiger partial charge in [0.2, 0.25) is 5.75 Å². The van der Waals surface area contributed by atoms with Crippen LogP contribution in [0.1, 0.15) is 0 Å². The Kier molecular flexibility index (Phi) is 4.19. The second-order valence-electron chi connectivity index (χ2n) is 4.90. The number of hydrogen-bond donors (Lipinski definition) is 0. The van der Waals surface area contributed by atoms with E-state index in [0.717, 1.165) is 16.9 Å². The van der Waals surface area contributed by atoms with Crippen molar-refractivity contribution in [3.8, 4) is 34.2 Å². The van der Waals surface area contributed by atoms with Crippen molar-refractivity contribution in [2.75, 3.05) is 21.3 Å². The molecule has 0 N–H and O–H groups in total. The summed E-state index contributed by atoms with van der Waals surface area (Å²) in [7, 11) is 4.79. The van der Waals surface area contributed by atoms with E-state index in [1.807, 2.05) is 59.4 Å². The predicted molar refractivity (Wildman–Crippen MR) is 88.7 cm³/mol. The van der Waals surface area contributed by atoms with E-state index in [-0.39, 0.29) is 0 Å². The van der Waals surface area contributed by atoms with Crippen molar-refractivity contribution < 1.29 is 14.2 Å². The lowest BCUT2D eigenvalue weighted by atomic mass is 10.1. The van der Waals surface area contributed by atoms with Crippen LogP contribution in [-0.4, -0.2) is 31.1 Å². The fourth-order valence-electron chi connectivity index (χ4n) is 2.43. The van der Waals surface area contributed by atoms with Crippen LogP contribution >= 0.6 is 0 Å². The monoisotopic (exact) mass is 310 g/mol. The molecule has 0 atom stereocenters. The molecule has 1 aromatic heterocycles. The lowest BCUT2D eigenvalue weighted by Gasteiger charge is -2.13. The molecule has 0 radical (unpaired) electrons. The highest BCUT2D eigenvalue weighted by Gasteiger charge is 2.15. The topological polar surface area (TPSA) is 45.5 Å². The first-order valence-corrected chi connectivity index (χ1v) is 7.18. The molecule has 3 aromatic rings. The van der Waals surface area contributed by atoms with Crippen molar-refractivity contribution in [3.63, 3.8) is 0 Å². The summed E-state index contributed by atoms with van der Waals surface area (Å²) in [6, 6.07) is 15.7. The van der Waals surface area contributed by atoms with Gasteiger partial charge in [0, 0.05) is 11.8 Å². The Bertz CT molecular complexity index is 772. The van der Waals surface area contributed by atoms with Crippen LogP contribution in [-0.2, 0) is 0 Å². The molecule has 0 saturated heterocycles. The summed E-state index contributed by atoms with van der Waals surface area (Å²) < 4.78 is 18.0. The van der Waals surface area contributed by atoms with Crippen molar-refractivity contribution in [1.29, 1.82) is 0 Å². The molecule has 5 heteroatoms. The largest absolute Gasteiger partial charge is 0.493 e. The van der Waals surface area contributed by atoms with E-state index in [2.05, 4.69) is 5.10 Å². The minimum Gasteiger partial charge on any atom is -0.493 e. The van der Waals surface area contributed by atoms with Gasteiger partial charge in [-0.25, -0.2) is 4.68 Å². The first kappa shape index (κ1) is 15.0. The van der Waals surface area contributed by atoms with E-state index in [0.29, 0.717) is 17.2 Å². The van der Waals surface area contributed by atoms with Crippen molar-refractivity contribution in [2.45, 2.75) is 0 Å². The number of aromatic nitrogens is 2. The number of nitrogens with zero attached hydrogens (tertiary/aromatic N) is 2. The minimum absolute atomic E-state index is 0.571. The summed E-state index contributed by atoms with van der Waals surface area (Å²) in [5.41, 5.74) is 2.73. The fourth-order valence-corrected chi connectivity index (χ4v) is 2.43. The number of ether oxygens (including phenoxy) is 3. The van der Waals surface area contributed by atoms with Crippen LogP contribution in [0.25, 0.3) is 16.9 Å². The molecule has 0 unspecified atom stereocenters. The van der Waals surface area contributed by atoms with E-state index in [1.165, 1.54) is 0 Å². The molecule has 3 rings (SSSR count). The summed E-state index contributed by atoms with van der Waals surface area (Å²) in [6.07, 6.45) is 1.92. The van der Waals surface area contributed by atoms with Crippen LogP contribution in [0.5, 0.6) is 17.2 Å². The molecule has 118 valence electrons. The third-order valence-electron chi connectivity index (χ3n) is 3.57. The van der Waals surface area contributed by atoms with Gasteiger partial charge in [-0.2, -0.15) is 5.10 Å². The molecule has 0 amide bonds. The number of benzene rings is 2. The molecule has 0 aliphatic carbocycles. The quantitative estimate of drug-likeness (QED) is 0.723. The van der Waals surface area contributed by atoms with Gasteiger partial charge in [0.1, 0.15) is 0 Å². The van der Waals surface area contributed by atoms with Gasteiger partial charge in [-0.3, -0.25) is 0 Å². The van der Waals surface area contributed by atoms with E-state index in [1.54, 1.807) is 21.3 Å². The Morgan fingerprint density at radius 3 is 2.04 bits per heavy atom. The van der Waals surface area contributed by atoms with Crippen molar-refractivity contribution in [1.82, 2.24) is 9.78 Å². The van der Waals surface area contributed by atoms with Crippen molar-refractivity contribution >= 4 is 0 Å². The van der Waals surface area contributed by atoms with Gasteiger partial charge in [-0.05, 0) is 30.3 Å². The fraction of sp³-hybridized carbons (Fsp3) is 0.167. The molecule has 23 heavy (non-hydrogen) atoms. The first-order chi connectivity index (χ1) is 11.3. The van der Waals surface area contributed by atoms with Crippen LogP contribution < -0.4 is 14.2 Å². The maximum atomic E-state index is 5.39. The van der Waals surface area contributed by atoms with Crippen LogP contribution in [0, 0.1) is 0 Å². The zero-order valence-electron chi connectivity index (χ0n) is 13.3. The number of para-hydroxylation sites is 1. The number of methoxy groups -OCH3 is 3. The summed E-state index contributed by atoms with van der Waals surface area (Å²) in [5.74, 6) is 1.79. The smallest absolute Gasteiger partial charge is 0.203 e.